The molecule has 0 radical (unpaired) electrons. The SMILES string of the molecule is Cc1cc(C2CCCN2CCNCc2ccc3c(c2)OCO3)nc(-n2ccnc2)n1. The van der Waals surface area contributed by atoms with Crippen LogP contribution in [0, 0.1) is 6.92 Å². The quantitative estimate of drug-likeness (QED) is 0.605. The molecule has 5 rings (SSSR count). The number of imidazole rings is 1. The molecule has 1 aromatic carbocycles. The van der Waals surface area contributed by atoms with Crippen LogP contribution in [0.25, 0.3) is 5.95 Å². The van der Waals surface area contributed by atoms with E-state index in [1.807, 2.05) is 23.8 Å². The number of hydrogen-bond donors (Lipinski definition) is 1. The zero-order chi connectivity index (χ0) is 20.3. The molecule has 1 N–H and O–H groups in total. The summed E-state index contributed by atoms with van der Waals surface area (Å²) in [7, 11) is 0. The van der Waals surface area contributed by atoms with Gasteiger partial charge in [0.05, 0.1) is 11.7 Å². The van der Waals surface area contributed by atoms with E-state index in [4.69, 9.17) is 14.5 Å². The fraction of sp³-hybridized carbons (Fsp3) is 0.409. The topological polar surface area (TPSA) is 77.3 Å². The van der Waals surface area contributed by atoms with Crippen molar-refractivity contribution in [1.29, 1.82) is 0 Å². The van der Waals surface area contributed by atoms with Crippen molar-refractivity contribution in [2.45, 2.75) is 32.4 Å². The van der Waals surface area contributed by atoms with Crippen LogP contribution >= 0.6 is 0 Å². The number of hydrogen-bond acceptors (Lipinski definition) is 7. The van der Waals surface area contributed by atoms with Crippen LogP contribution in [0.5, 0.6) is 11.5 Å². The first kappa shape index (κ1) is 19.0. The second-order valence-electron chi connectivity index (χ2n) is 7.76. The van der Waals surface area contributed by atoms with Crippen LogP contribution in [0.4, 0.5) is 0 Å². The van der Waals surface area contributed by atoms with Gasteiger partial charge in [0.15, 0.2) is 11.5 Å². The molecular weight excluding hydrogens is 380 g/mol. The fourth-order valence-corrected chi connectivity index (χ4v) is 4.18. The van der Waals surface area contributed by atoms with Crippen molar-refractivity contribution in [1.82, 2.24) is 29.7 Å². The van der Waals surface area contributed by atoms with Crippen LogP contribution in [0.15, 0.2) is 43.0 Å². The van der Waals surface area contributed by atoms with E-state index in [0.29, 0.717) is 18.8 Å². The Balaban J connectivity index is 1.20. The first-order valence-electron chi connectivity index (χ1n) is 10.4. The Kier molecular flexibility index (Phi) is 5.33. The molecule has 8 heteroatoms. The van der Waals surface area contributed by atoms with E-state index in [0.717, 1.165) is 55.5 Å². The monoisotopic (exact) mass is 406 g/mol. The molecule has 8 nitrogen and oxygen atoms in total. The molecule has 0 aliphatic carbocycles. The van der Waals surface area contributed by atoms with E-state index in [-0.39, 0.29) is 0 Å². The third-order valence-electron chi connectivity index (χ3n) is 5.64. The Morgan fingerprint density at radius 1 is 1.17 bits per heavy atom. The average Bonchev–Trinajstić information content (AvgIpc) is 3.52. The number of ether oxygens (including phenoxy) is 2. The van der Waals surface area contributed by atoms with E-state index in [9.17, 15) is 0 Å². The molecule has 156 valence electrons. The number of nitrogens with zero attached hydrogens (tertiary/aromatic N) is 5. The fourth-order valence-electron chi connectivity index (χ4n) is 4.18. The van der Waals surface area contributed by atoms with Crippen LogP contribution in [0.3, 0.4) is 0 Å². The van der Waals surface area contributed by atoms with Gasteiger partial charge in [-0.25, -0.2) is 15.0 Å². The number of aryl methyl sites for hydroxylation is 1. The van der Waals surface area contributed by atoms with Gasteiger partial charge >= 0.3 is 0 Å². The maximum Gasteiger partial charge on any atom is 0.235 e. The van der Waals surface area contributed by atoms with Crippen LogP contribution < -0.4 is 14.8 Å². The molecule has 4 heterocycles. The molecule has 1 fully saturated rings. The highest BCUT2D eigenvalue weighted by Crippen LogP contribution is 2.33. The lowest BCUT2D eigenvalue weighted by Crippen LogP contribution is -2.32. The van der Waals surface area contributed by atoms with Gasteiger partial charge in [0, 0.05) is 37.7 Å². The molecule has 0 amide bonds. The van der Waals surface area contributed by atoms with Crippen LogP contribution in [0.2, 0.25) is 0 Å². The van der Waals surface area contributed by atoms with E-state index in [1.165, 1.54) is 12.0 Å². The Morgan fingerprint density at radius 3 is 3.00 bits per heavy atom. The number of aromatic nitrogens is 4. The van der Waals surface area contributed by atoms with Gasteiger partial charge in [0.2, 0.25) is 12.7 Å². The van der Waals surface area contributed by atoms with Crippen molar-refractivity contribution in [3.8, 4) is 17.4 Å². The van der Waals surface area contributed by atoms with Crippen molar-refractivity contribution in [3.05, 3.63) is 59.9 Å². The Morgan fingerprint density at radius 2 is 2.10 bits per heavy atom. The van der Waals surface area contributed by atoms with E-state index >= 15 is 0 Å². The van der Waals surface area contributed by atoms with Crippen LogP contribution in [-0.4, -0.2) is 50.8 Å². The highest BCUT2D eigenvalue weighted by Gasteiger charge is 2.27. The smallest absolute Gasteiger partial charge is 0.235 e. The average molecular weight is 406 g/mol. The van der Waals surface area contributed by atoms with Crippen molar-refractivity contribution in [2.75, 3.05) is 26.4 Å². The summed E-state index contributed by atoms with van der Waals surface area (Å²) in [6.45, 7) is 6.15. The van der Waals surface area contributed by atoms with Crippen molar-refractivity contribution in [2.24, 2.45) is 0 Å². The molecule has 30 heavy (non-hydrogen) atoms. The summed E-state index contributed by atoms with van der Waals surface area (Å²) < 4.78 is 12.7. The summed E-state index contributed by atoms with van der Waals surface area (Å²) in [6, 6.07) is 8.56. The minimum atomic E-state index is 0.313. The molecule has 0 saturated carbocycles. The summed E-state index contributed by atoms with van der Waals surface area (Å²) in [5.74, 6) is 2.35. The third kappa shape index (κ3) is 4.01. The molecule has 1 unspecified atom stereocenters. The highest BCUT2D eigenvalue weighted by molar-refractivity contribution is 5.44. The second-order valence-corrected chi connectivity index (χ2v) is 7.76. The summed E-state index contributed by atoms with van der Waals surface area (Å²) in [4.78, 5) is 16.0. The lowest BCUT2D eigenvalue weighted by Gasteiger charge is -2.24. The second kappa shape index (κ2) is 8.41. The predicted molar refractivity (Wildman–Crippen MR) is 112 cm³/mol. The highest BCUT2D eigenvalue weighted by atomic mass is 16.7. The number of likely N-dealkylation sites (tertiary alicyclic amines) is 1. The zero-order valence-corrected chi connectivity index (χ0v) is 17.1. The van der Waals surface area contributed by atoms with Crippen LogP contribution in [0.1, 0.15) is 35.8 Å². The van der Waals surface area contributed by atoms with Crippen molar-refractivity contribution >= 4 is 0 Å². The van der Waals surface area contributed by atoms with Gasteiger partial charge in [-0.15, -0.1) is 0 Å². The van der Waals surface area contributed by atoms with E-state index in [2.05, 4.69) is 38.4 Å². The Hall–Kier alpha value is -2.97. The molecule has 2 aliphatic rings. The van der Waals surface area contributed by atoms with Gasteiger partial charge in [-0.05, 0) is 50.1 Å². The Labute approximate surface area is 175 Å². The molecule has 2 aliphatic heterocycles. The largest absolute Gasteiger partial charge is 0.454 e. The lowest BCUT2D eigenvalue weighted by atomic mass is 10.1. The number of benzene rings is 1. The lowest BCUT2D eigenvalue weighted by molar-refractivity contribution is 0.174. The van der Waals surface area contributed by atoms with Gasteiger partial charge in [-0.3, -0.25) is 9.47 Å². The normalized spacial score (nSPS) is 18.2. The van der Waals surface area contributed by atoms with Gasteiger partial charge in [-0.1, -0.05) is 6.07 Å². The van der Waals surface area contributed by atoms with Gasteiger partial charge < -0.3 is 14.8 Å². The summed E-state index contributed by atoms with van der Waals surface area (Å²) in [6.07, 6.45) is 7.69. The zero-order valence-electron chi connectivity index (χ0n) is 17.1. The summed E-state index contributed by atoms with van der Waals surface area (Å²) in [5, 5.41) is 3.55. The molecule has 1 atom stereocenters. The molecule has 2 aromatic heterocycles. The number of fused-ring (bicyclic) bond motifs is 1. The number of rotatable bonds is 7. The number of nitrogens with one attached hydrogen (secondary N) is 1. The van der Waals surface area contributed by atoms with Crippen molar-refractivity contribution in [3.63, 3.8) is 0 Å². The predicted octanol–water partition coefficient (Wildman–Crippen LogP) is 2.63. The molecular formula is C22H26N6O2. The third-order valence-corrected chi connectivity index (χ3v) is 5.64. The van der Waals surface area contributed by atoms with E-state index < -0.39 is 0 Å². The Bertz CT molecular complexity index is 1010. The maximum atomic E-state index is 5.46. The van der Waals surface area contributed by atoms with E-state index in [1.54, 1.807) is 12.5 Å². The summed E-state index contributed by atoms with van der Waals surface area (Å²) in [5.41, 5.74) is 3.28. The minimum Gasteiger partial charge on any atom is -0.454 e. The van der Waals surface area contributed by atoms with Gasteiger partial charge in [0.1, 0.15) is 6.33 Å². The first-order valence-corrected chi connectivity index (χ1v) is 10.4. The first-order chi connectivity index (χ1) is 14.8. The van der Waals surface area contributed by atoms with Crippen molar-refractivity contribution < 1.29 is 9.47 Å². The molecule has 1 saturated heterocycles. The molecule has 0 spiro atoms. The maximum absolute atomic E-state index is 5.46. The summed E-state index contributed by atoms with van der Waals surface area (Å²) >= 11 is 0. The molecule has 3 aromatic rings. The standard InChI is InChI=1S/C22H26N6O2/c1-16-11-18(26-22(25-16)28-10-7-24-14-28)19-3-2-8-27(19)9-6-23-13-17-4-5-20-21(12-17)30-15-29-20/h4-5,7,10-12,14,19,23H,2-3,6,8-9,13,15H2,1H3. The molecule has 0 bridgehead atoms. The minimum absolute atomic E-state index is 0.313. The van der Waals surface area contributed by atoms with Crippen LogP contribution in [-0.2, 0) is 6.54 Å². The van der Waals surface area contributed by atoms with Gasteiger partial charge in [0.25, 0.3) is 0 Å². The van der Waals surface area contributed by atoms with Gasteiger partial charge in [-0.2, -0.15) is 0 Å².